The third-order valence-corrected chi connectivity index (χ3v) is 6.92. The molecule has 0 aliphatic heterocycles. The van der Waals surface area contributed by atoms with Crippen LogP contribution in [0.15, 0.2) is 72.8 Å². The minimum Gasteiger partial charge on any atom is -0.507 e. The maximum Gasteiger partial charge on any atom is 0.124 e. The third-order valence-electron chi connectivity index (χ3n) is 6.69. The van der Waals surface area contributed by atoms with Gasteiger partial charge in [-0.3, -0.25) is 0 Å². The molecular formula is C36H47ClO3. The first-order valence-corrected chi connectivity index (χ1v) is 14.6. The number of aryl methyl sites for hydroxylation is 1. The Balaban J connectivity index is 0.00000125. The number of aliphatic hydroxyl groups is 2. The van der Waals surface area contributed by atoms with Crippen LogP contribution in [0.3, 0.4) is 0 Å². The molecule has 3 aromatic carbocycles. The van der Waals surface area contributed by atoms with E-state index in [1.54, 1.807) is 6.07 Å². The van der Waals surface area contributed by atoms with Crippen molar-refractivity contribution in [2.24, 2.45) is 0 Å². The normalized spacial score (nSPS) is 12.4. The summed E-state index contributed by atoms with van der Waals surface area (Å²) in [6, 6.07) is 20.9. The number of phenolic OH excluding ortho intramolecular Hbond substituents is 1. The molecular weight excluding hydrogens is 516 g/mol. The summed E-state index contributed by atoms with van der Waals surface area (Å²) in [7, 11) is 2.00. The molecule has 1 aliphatic carbocycles. The van der Waals surface area contributed by atoms with E-state index in [1.807, 2.05) is 32.1 Å². The van der Waals surface area contributed by atoms with Crippen molar-refractivity contribution in [1.29, 1.82) is 0 Å². The number of aromatic hydroxyl groups is 1. The summed E-state index contributed by atoms with van der Waals surface area (Å²) in [5, 5.41) is 25.4. The Kier molecular flexibility index (Phi) is 16.6. The van der Waals surface area contributed by atoms with Gasteiger partial charge < -0.3 is 15.3 Å². The minimum atomic E-state index is 0.234. The summed E-state index contributed by atoms with van der Waals surface area (Å²) in [5.74, 6) is 0.234. The highest BCUT2D eigenvalue weighted by Gasteiger charge is 2.22. The minimum absolute atomic E-state index is 0.234. The highest BCUT2D eigenvalue weighted by Crippen LogP contribution is 2.43. The first-order chi connectivity index (χ1) is 19.5. The van der Waals surface area contributed by atoms with Gasteiger partial charge in [0, 0.05) is 24.8 Å². The SMILES string of the molecule is C=Cc1ccc2c(c1)CCCC(c1ccc(Cl)cc1O)=C2c1ccc(/C=C(\CC)CCC)cc1.CC.CO.CO. The zero-order chi connectivity index (χ0) is 30.1. The molecule has 0 spiro atoms. The van der Waals surface area contributed by atoms with Crippen LogP contribution in [-0.4, -0.2) is 29.5 Å². The van der Waals surface area contributed by atoms with Gasteiger partial charge in [-0.15, -0.1) is 0 Å². The largest absolute Gasteiger partial charge is 0.507 e. The summed E-state index contributed by atoms with van der Waals surface area (Å²) < 4.78 is 0. The number of halogens is 1. The van der Waals surface area contributed by atoms with Gasteiger partial charge in [-0.25, -0.2) is 0 Å². The predicted molar refractivity (Wildman–Crippen MR) is 176 cm³/mol. The molecule has 4 heteroatoms. The van der Waals surface area contributed by atoms with Crippen LogP contribution >= 0.6 is 11.6 Å². The van der Waals surface area contributed by atoms with E-state index in [0.717, 1.165) is 57.5 Å². The van der Waals surface area contributed by atoms with Crippen molar-refractivity contribution in [1.82, 2.24) is 0 Å². The van der Waals surface area contributed by atoms with Crippen LogP contribution in [0, 0.1) is 0 Å². The molecule has 0 bridgehead atoms. The Morgan fingerprint density at radius 2 is 1.48 bits per heavy atom. The summed E-state index contributed by atoms with van der Waals surface area (Å²) in [6.07, 6.45) is 10.5. The molecule has 216 valence electrons. The Bertz CT molecular complexity index is 1250. The highest BCUT2D eigenvalue weighted by atomic mass is 35.5. The number of aliphatic hydroxyl groups excluding tert-OH is 2. The van der Waals surface area contributed by atoms with Gasteiger partial charge in [-0.05, 0) is 89.3 Å². The average molecular weight is 563 g/mol. The standard InChI is InChI=1S/C32H33ClO.C2H6.2CH4O/c1-4-8-22(5-2)19-24-11-14-25(15-12-24)32-28-17-13-23(6-3)20-26(28)9-7-10-30(32)29-18-16-27(33)21-31(29)34;3*1-2/h6,11-21,34H,3-5,7-10H2,1-2H3;1-2H3;2*2H,1H3/b22-19+;;;. The fourth-order valence-corrected chi connectivity index (χ4v) is 5.11. The lowest BCUT2D eigenvalue weighted by Crippen LogP contribution is -1.97. The quantitative estimate of drug-likeness (QED) is 0.268. The van der Waals surface area contributed by atoms with Crippen LogP contribution in [0.25, 0.3) is 23.3 Å². The molecule has 0 aromatic heterocycles. The van der Waals surface area contributed by atoms with E-state index in [4.69, 9.17) is 21.8 Å². The van der Waals surface area contributed by atoms with Gasteiger partial charge in [0.2, 0.25) is 0 Å². The zero-order valence-electron chi connectivity index (χ0n) is 25.1. The van der Waals surface area contributed by atoms with Crippen LogP contribution in [0.2, 0.25) is 5.02 Å². The molecule has 4 rings (SSSR count). The van der Waals surface area contributed by atoms with E-state index in [-0.39, 0.29) is 5.75 Å². The molecule has 0 amide bonds. The van der Waals surface area contributed by atoms with Crippen molar-refractivity contribution in [3.8, 4) is 5.75 Å². The monoisotopic (exact) mass is 562 g/mol. The second-order valence-corrected chi connectivity index (χ2v) is 9.45. The fraction of sp³-hybridized carbons (Fsp3) is 0.333. The van der Waals surface area contributed by atoms with Crippen LogP contribution in [0.1, 0.15) is 93.2 Å². The maximum atomic E-state index is 10.8. The van der Waals surface area contributed by atoms with Gasteiger partial charge in [0.15, 0.2) is 0 Å². The summed E-state index contributed by atoms with van der Waals surface area (Å²) in [5.41, 5.74) is 10.8. The zero-order valence-corrected chi connectivity index (χ0v) is 25.9. The molecule has 0 atom stereocenters. The van der Waals surface area contributed by atoms with Crippen molar-refractivity contribution in [2.45, 2.75) is 66.2 Å². The highest BCUT2D eigenvalue weighted by molar-refractivity contribution is 6.30. The second kappa shape index (κ2) is 19.0. The number of fused-ring (bicyclic) bond motifs is 1. The first kappa shape index (κ1) is 34.9. The Labute approximate surface area is 247 Å². The maximum absolute atomic E-state index is 10.8. The average Bonchev–Trinajstić information content (AvgIpc) is 3.19. The van der Waals surface area contributed by atoms with E-state index in [2.05, 4.69) is 69.0 Å². The molecule has 3 nitrogen and oxygen atoms in total. The molecule has 0 fully saturated rings. The van der Waals surface area contributed by atoms with E-state index >= 15 is 0 Å². The number of rotatable bonds is 7. The number of phenols is 1. The molecule has 0 heterocycles. The predicted octanol–water partition coefficient (Wildman–Crippen LogP) is 9.82. The Morgan fingerprint density at radius 1 is 0.850 bits per heavy atom. The van der Waals surface area contributed by atoms with Gasteiger partial charge in [-0.1, -0.05) is 112 Å². The van der Waals surface area contributed by atoms with E-state index in [0.29, 0.717) is 5.02 Å². The summed E-state index contributed by atoms with van der Waals surface area (Å²) in [6.45, 7) is 12.4. The van der Waals surface area contributed by atoms with Crippen LogP contribution in [0.5, 0.6) is 5.75 Å². The number of hydrogen-bond acceptors (Lipinski definition) is 3. The molecule has 0 saturated carbocycles. The molecule has 3 N–H and O–H groups in total. The molecule has 0 radical (unpaired) electrons. The van der Waals surface area contributed by atoms with Gasteiger partial charge in [-0.2, -0.15) is 0 Å². The number of benzene rings is 3. The van der Waals surface area contributed by atoms with Gasteiger partial charge in [0.05, 0.1) is 0 Å². The van der Waals surface area contributed by atoms with Crippen molar-refractivity contribution in [3.05, 3.63) is 111 Å². The second-order valence-electron chi connectivity index (χ2n) is 9.02. The van der Waals surface area contributed by atoms with Crippen molar-refractivity contribution in [3.63, 3.8) is 0 Å². The first-order valence-electron chi connectivity index (χ1n) is 14.2. The number of hydrogen-bond donors (Lipinski definition) is 3. The Hall–Kier alpha value is -3.11. The van der Waals surface area contributed by atoms with Crippen LogP contribution in [0.4, 0.5) is 0 Å². The topological polar surface area (TPSA) is 60.7 Å². The van der Waals surface area contributed by atoms with Crippen LogP contribution in [-0.2, 0) is 6.42 Å². The lowest BCUT2D eigenvalue weighted by atomic mass is 9.86. The van der Waals surface area contributed by atoms with Crippen LogP contribution < -0.4 is 0 Å². The van der Waals surface area contributed by atoms with E-state index < -0.39 is 0 Å². The fourth-order valence-electron chi connectivity index (χ4n) is 4.95. The van der Waals surface area contributed by atoms with E-state index in [1.165, 1.54) is 45.4 Å². The van der Waals surface area contributed by atoms with Crippen molar-refractivity contribution >= 4 is 34.9 Å². The number of allylic oxidation sites excluding steroid dienone is 2. The molecule has 1 aliphatic rings. The van der Waals surface area contributed by atoms with Gasteiger partial charge in [0.1, 0.15) is 5.75 Å². The lowest BCUT2D eigenvalue weighted by Gasteiger charge is -2.18. The molecule has 3 aromatic rings. The summed E-state index contributed by atoms with van der Waals surface area (Å²) >= 11 is 6.16. The Morgan fingerprint density at radius 3 is 2.05 bits per heavy atom. The van der Waals surface area contributed by atoms with Crippen molar-refractivity contribution in [2.75, 3.05) is 14.2 Å². The lowest BCUT2D eigenvalue weighted by molar-refractivity contribution is 0.399. The molecule has 0 saturated heterocycles. The van der Waals surface area contributed by atoms with Crippen molar-refractivity contribution < 1.29 is 15.3 Å². The molecule has 40 heavy (non-hydrogen) atoms. The van der Waals surface area contributed by atoms with Gasteiger partial charge in [0.25, 0.3) is 0 Å². The van der Waals surface area contributed by atoms with E-state index in [9.17, 15) is 5.11 Å². The smallest absolute Gasteiger partial charge is 0.124 e. The molecule has 0 unspecified atom stereocenters. The third kappa shape index (κ3) is 9.23. The summed E-state index contributed by atoms with van der Waals surface area (Å²) in [4.78, 5) is 0. The van der Waals surface area contributed by atoms with Gasteiger partial charge >= 0.3 is 0 Å².